The quantitative estimate of drug-likeness (QED) is 0.679. The van der Waals surface area contributed by atoms with E-state index in [1.54, 1.807) is 42.0 Å². The molecule has 0 fully saturated rings. The summed E-state index contributed by atoms with van der Waals surface area (Å²) in [5, 5.41) is 9.39. The second-order valence-electron chi connectivity index (χ2n) is 4.57. The Labute approximate surface area is 137 Å². The molecule has 2 aromatic rings. The fourth-order valence-electron chi connectivity index (χ4n) is 1.66. The van der Waals surface area contributed by atoms with Gasteiger partial charge in [-0.05, 0) is 29.1 Å². The Kier molecular flexibility index (Phi) is 6.25. The Hall–Kier alpha value is -2.74. The fraction of sp³-hybridized carbons (Fsp3) is 0.200. The van der Waals surface area contributed by atoms with Gasteiger partial charge in [0.25, 0.3) is 5.91 Å². The van der Waals surface area contributed by atoms with Gasteiger partial charge >= 0.3 is 0 Å². The van der Waals surface area contributed by atoms with Crippen molar-refractivity contribution in [2.75, 3.05) is 13.1 Å². The van der Waals surface area contributed by atoms with E-state index in [1.807, 2.05) is 0 Å². The van der Waals surface area contributed by atoms with E-state index in [4.69, 9.17) is 0 Å². The molecule has 3 amide bonds. The minimum Gasteiger partial charge on any atom is -0.350 e. The van der Waals surface area contributed by atoms with E-state index in [0.717, 1.165) is 5.56 Å². The number of hydrogen-bond acceptors (Lipinski definition) is 5. The maximum Gasteiger partial charge on any atom is 0.261 e. The van der Waals surface area contributed by atoms with Crippen LogP contribution >= 0.6 is 11.3 Å². The van der Waals surface area contributed by atoms with E-state index in [1.165, 1.54) is 11.3 Å². The highest BCUT2D eigenvalue weighted by atomic mass is 32.1. The first-order chi connectivity index (χ1) is 11.1. The van der Waals surface area contributed by atoms with Gasteiger partial charge in [0.1, 0.15) is 0 Å². The lowest BCUT2D eigenvalue weighted by molar-refractivity contribution is -0.125. The van der Waals surface area contributed by atoms with E-state index in [-0.39, 0.29) is 24.9 Å². The summed E-state index contributed by atoms with van der Waals surface area (Å²) in [6.45, 7) is 0.0551. The monoisotopic (exact) mass is 332 g/mol. The standard InChI is InChI=1S/C15H16N4O3S/c20-13(17-8-11-3-5-16-6-4-11)9-18-14(21)10-19-15(22)12-2-1-7-23-12/h1-7H,8-10H2,(H,17,20)(H,18,21)(H,19,22). The lowest BCUT2D eigenvalue weighted by Crippen LogP contribution is -2.41. The van der Waals surface area contributed by atoms with Gasteiger partial charge in [0.15, 0.2) is 0 Å². The molecule has 0 spiro atoms. The number of thiophene rings is 1. The number of rotatable bonds is 7. The molecule has 8 heteroatoms. The van der Waals surface area contributed by atoms with Crippen LogP contribution in [-0.4, -0.2) is 35.8 Å². The van der Waals surface area contributed by atoms with E-state index < -0.39 is 5.91 Å². The lowest BCUT2D eigenvalue weighted by atomic mass is 10.3. The highest BCUT2D eigenvalue weighted by molar-refractivity contribution is 7.12. The molecule has 0 saturated heterocycles. The number of hydrogen-bond donors (Lipinski definition) is 3. The third-order valence-corrected chi connectivity index (χ3v) is 3.71. The van der Waals surface area contributed by atoms with Crippen LogP contribution in [0.3, 0.4) is 0 Å². The van der Waals surface area contributed by atoms with Crippen LogP contribution in [-0.2, 0) is 16.1 Å². The number of carbonyl (C=O) groups is 3. The summed E-state index contributed by atoms with van der Waals surface area (Å²) < 4.78 is 0. The number of pyridine rings is 1. The minimum absolute atomic E-state index is 0.140. The maximum atomic E-state index is 11.6. The van der Waals surface area contributed by atoms with Crippen molar-refractivity contribution < 1.29 is 14.4 Å². The van der Waals surface area contributed by atoms with Crippen LogP contribution in [0.4, 0.5) is 0 Å². The smallest absolute Gasteiger partial charge is 0.261 e. The predicted molar refractivity (Wildman–Crippen MR) is 85.7 cm³/mol. The molecule has 2 aromatic heterocycles. The van der Waals surface area contributed by atoms with Crippen molar-refractivity contribution in [3.63, 3.8) is 0 Å². The van der Waals surface area contributed by atoms with Gasteiger partial charge in [0, 0.05) is 18.9 Å². The van der Waals surface area contributed by atoms with Crippen molar-refractivity contribution in [1.29, 1.82) is 0 Å². The van der Waals surface area contributed by atoms with Crippen molar-refractivity contribution in [1.82, 2.24) is 20.9 Å². The van der Waals surface area contributed by atoms with Crippen LogP contribution in [0.15, 0.2) is 42.0 Å². The summed E-state index contributed by atoms with van der Waals surface area (Å²) in [5.74, 6) is -1.04. The Balaban J connectivity index is 1.62. The van der Waals surface area contributed by atoms with Crippen LogP contribution in [0.1, 0.15) is 15.2 Å². The van der Waals surface area contributed by atoms with Crippen LogP contribution in [0.5, 0.6) is 0 Å². The van der Waals surface area contributed by atoms with E-state index in [9.17, 15) is 14.4 Å². The van der Waals surface area contributed by atoms with Gasteiger partial charge < -0.3 is 16.0 Å². The fourth-order valence-corrected chi connectivity index (χ4v) is 2.30. The van der Waals surface area contributed by atoms with Crippen LogP contribution < -0.4 is 16.0 Å². The number of nitrogens with one attached hydrogen (secondary N) is 3. The van der Waals surface area contributed by atoms with Gasteiger partial charge in [-0.2, -0.15) is 0 Å². The molecule has 0 bridgehead atoms. The second kappa shape index (κ2) is 8.64. The Bertz CT molecular complexity index is 659. The predicted octanol–water partition coefficient (Wildman–Crippen LogP) is 0.306. The number of nitrogens with zero attached hydrogens (tertiary/aromatic N) is 1. The van der Waals surface area contributed by atoms with Gasteiger partial charge in [-0.15, -0.1) is 11.3 Å². The van der Waals surface area contributed by atoms with Crippen LogP contribution in [0.25, 0.3) is 0 Å². The average molecular weight is 332 g/mol. The third kappa shape index (κ3) is 5.87. The van der Waals surface area contributed by atoms with Gasteiger partial charge in [-0.25, -0.2) is 0 Å². The Morgan fingerprint density at radius 1 is 0.957 bits per heavy atom. The van der Waals surface area contributed by atoms with Crippen molar-refractivity contribution in [2.24, 2.45) is 0 Å². The third-order valence-electron chi connectivity index (χ3n) is 2.84. The lowest BCUT2D eigenvalue weighted by Gasteiger charge is -2.07. The van der Waals surface area contributed by atoms with Crippen molar-refractivity contribution in [3.8, 4) is 0 Å². The number of aromatic nitrogens is 1. The average Bonchev–Trinajstić information content (AvgIpc) is 3.11. The Morgan fingerprint density at radius 2 is 1.65 bits per heavy atom. The summed E-state index contributed by atoms with van der Waals surface area (Å²) >= 11 is 1.29. The zero-order valence-electron chi connectivity index (χ0n) is 12.2. The first kappa shape index (κ1) is 16.6. The molecular formula is C15H16N4O3S. The molecular weight excluding hydrogens is 316 g/mol. The SMILES string of the molecule is O=C(CNC(=O)CNC(=O)c1cccs1)NCc1ccncc1. The first-order valence-electron chi connectivity index (χ1n) is 6.89. The normalized spacial score (nSPS) is 9.91. The molecule has 0 saturated carbocycles. The number of carbonyl (C=O) groups excluding carboxylic acids is 3. The zero-order chi connectivity index (χ0) is 16.5. The van der Waals surface area contributed by atoms with Crippen LogP contribution in [0.2, 0.25) is 0 Å². The highest BCUT2D eigenvalue weighted by Crippen LogP contribution is 2.07. The largest absolute Gasteiger partial charge is 0.350 e. The summed E-state index contributed by atoms with van der Waals surface area (Å²) in [6.07, 6.45) is 3.28. The summed E-state index contributed by atoms with van der Waals surface area (Å²) in [5.41, 5.74) is 0.919. The molecule has 0 atom stereocenters. The van der Waals surface area contributed by atoms with Crippen molar-refractivity contribution in [2.45, 2.75) is 6.54 Å². The van der Waals surface area contributed by atoms with Gasteiger partial charge in [0.05, 0.1) is 18.0 Å². The highest BCUT2D eigenvalue weighted by Gasteiger charge is 2.09. The molecule has 0 radical (unpaired) electrons. The van der Waals surface area contributed by atoms with E-state index >= 15 is 0 Å². The Morgan fingerprint density at radius 3 is 2.35 bits per heavy atom. The molecule has 120 valence electrons. The summed E-state index contributed by atoms with van der Waals surface area (Å²) in [4.78, 5) is 39.3. The molecule has 2 rings (SSSR count). The van der Waals surface area contributed by atoms with Gasteiger partial charge in [-0.3, -0.25) is 19.4 Å². The summed E-state index contributed by atoms with van der Waals surface area (Å²) in [7, 11) is 0. The molecule has 7 nitrogen and oxygen atoms in total. The molecule has 23 heavy (non-hydrogen) atoms. The molecule has 0 aliphatic carbocycles. The molecule has 2 heterocycles. The summed E-state index contributed by atoms with van der Waals surface area (Å²) in [6, 6.07) is 7.01. The van der Waals surface area contributed by atoms with Crippen molar-refractivity contribution in [3.05, 3.63) is 52.5 Å². The van der Waals surface area contributed by atoms with Gasteiger partial charge in [0.2, 0.25) is 11.8 Å². The van der Waals surface area contributed by atoms with Crippen molar-refractivity contribution >= 4 is 29.1 Å². The van der Waals surface area contributed by atoms with Crippen LogP contribution in [0, 0.1) is 0 Å². The maximum absolute atomic E-state index is 11.6. The second-order valence-corrected chi connectivity index (χ2v) is 5.52. The molecule has 0 aromatic carbocycles. The molecule has 3 N–H and O–H groups in total. The first-order valence-corrected chi connectivity index (χ1v) is 7.77. The molecule has 0 unspecified atom stereocenters. The topological polar surface area (TPSA) is 100 Å². The zero-order valence-corrected chi connectivity index (χ0v) is 13.1. The van der Waals surface area contributed by atoms with E-state index in [0.29, 0.717) is 11.4 Å². The van der Waals surface area contributed by atoms with E-state index in [2.05, 4.69) is 20.9 Å². The molecule has 0 aliphatic rings. The number of amides is 3. The molecule has 0 aliphatic heterocycles. The minimum atomic E-state index is -0.422. The van der Waals surface area contributed by atoms with Gasteiger partial charge in [-0.1, -0.05) is 6.07 Å².